The van der Waals surface area contributed by atoms with Gasteiger partial charge < -0.3 is 9.88 Å². The molecule has 2 aliphatic rings. The number of nitrogens with one attached hydrogen (secondary N) is 2. The van der Waals surface area contributed by atoms with Crippen molar-refractivity contribution >= 4 is 28.7 Å². The van der Waals surface area contributed by atoms with Crippen molar-refractivity contribution in [3.63, 3.8) is 0 Å². The molecule has 0 bridgehead atoms. The van der Waals surface area contributed by atoms with Crippen LogP contribution >= 0.6 is 11.8 Å². The lowest BCUT2D eigenvalue weighted by atomic mass is 9.80. The van der Waals surface area contributed by atoms with Crippen molar-refractivity contribution in [3.8, 4) is 11.6 Å². The predicted molar refractivity (Wildman–Crippen MR) is 139 cm³/mol. The third kappa shape index (κ3) is 4.78. The molecule has 36 heavy (non-hydrogen) atoms. The molecule has 9 nitrogen and oxygen atoms in total. The number of hydrogen-bond acceptors (Lipinski definition) is 8. The molecule has 1 aromatic carbocycles. The Morgan fingerprint density at radius 1 is 1.08 bits per heavy atom. The van der Waals surface area contributed by atoms with Crippen molar-refractivity contribution in [2.75, 3.05) is 5.32 Å². The smallest absolute Gasteiger partial charge is 0.365 e. The number of fused-ring (bicyclic) bond motifs is 1. The number of benzene rings is 1. The summed E-state index contributed by atoms with van der Waals surface area (Å²) in [5.74, 6) is 1.85. The summed E-state index contributed by atoms with van der Waals surface area (Å²) >= 11 is 1.65. The molecule has 188 valence electrons. The Labute approximate surface area is 213 Å². The fourth-order valence-electron chi connectivity index (χ4n) is 5.29. The Bertz CT molecular complexity index is 1390. The van der Waals surface area contributed by atoms with E-state index in [0.29, 0.717) is 23.3 Å². The van der Waals surface area contributed by atoms with Gasteiger partial charge in [0.2, 0.25) is 11.6 Å². The maximum atomic E-state index is 11.6. The summed E-state index contributed by atoms with van der Waals surface area (Å²) < 4.78 is 7.05. The number of aromatic nitrogens is 6. The monoisotopic (exact) mass is 505 g/mol. The number of H-pyrrole nitrogens is 1. The van der Waals surface area contributed by atoms with Gasteiger partial charge in [-0.3, -0.25) is 9.51 Å². The van der Waals surface area contributed by atoms with Crippen LogP contribution in [0.1, 0.15) is 58.3 Å². The summed E-state index contributed by atoms with van der Waals surface area (Å²) in [5, 5.41) is 8.42. The molecule has 2 saturated carbocycles. The van der Waals surface area contributed by atoms with Crippen molar-refractivity contribution in [2.45, 2.75) is 80.9 Å². The third-order valence-corrected chi connectivity index (χ3v) is 8.56. The highest BCUT2D eigenvalue weighted by molar-refractivity contribution is 7.99. The molecule has 1 unspecified atom stereocenters. The van der Waals surface area contributed by atoms with E-state index in [4.69, 9.17) is 19.5 Å². The van der Waals surface area contributed by atoms with E-state index in [1.165, 1.54) is 51.4 Å². The lowest BCUT2D eigenvalue weighted by Crippen LogP contribution is -2.31. The normalized spacial score (nSPS) is 17.8. The lowest BCUT2D eigenvalue weighted by Gasteiger charge is -2.32. The van der Waals surface area contributed by atoms with E-state index in [2.05, 4.69) is 39.1 Å². The van der Waals surface area contributed by atoms with Crippen molar-refractivity contribution < 1.29 is 4.52 Å². The van der Waals surface area contributed by atoms with Crippen LogP contribution in [0.25, 0.3) is 22.8 Å². The lowest BCUT2D eigenvalue weighted by molar-refractivity contribution is 0.285. The number of imidazole rings is 1. The highest BCUT2D eigenvalue weighted by Crippen LogP contribution is 2.37. The van der Waals surface area contributed by atoms with Crippen LogP contribution in [0, 0.1) is 11.8 Å². The van der Waals surface area contributed by atoms with Crippen molar-refractivity contribution in [3.05, 3.63) is 40.9 Å². The first-order valence-electron chi connectivity index (χ1n) is 13.0. The zero-order valence-corrected chi connectivity index (χ0v) is 21.3. The van der Waals surface area contributed by atoms with Gasteiger partial charge in [-0.15, -0.1) is 0 Å². The van der Waals surface area contributed by atoms with E-state index in [-0.39, 0.29) is 11.9 Å². The van der Waals surface area contributed by atoms with Gasteiger partial charge in [0.05, 0.1) is 0 Å². The summed E-state index contributed by atoms with van der Waals surface area (Å²) in [5.41, 5.74) is 1.51. The minimum atomic E-state index is -0.630. The van der Waals surface area contributed by atoms with Gasteiger partial charge in [-0.2, -0.15) is 0 Å². The van der Waals surface area contributed by atoms with E-state index in [1.807, 2.05) is 18.2 Å². The Hall–Kier alpha value is -3.14. The average molecular weight is 506 g/mol. The molecule has 2 aliphatic carbocycles. The number of hydrogen-bond donors (Lipinski definition) is 2. The van der Waals surface area contributed by atoms with Gasteiger partial charge in [-0.05, 0) is 56.6 Å². The van der Waals surface area contributed by atoms with Crippen LogP contribution in [0.3, 0.4) is 0 Å². The Morgan fingerprint density at radius 2 is 1.89 bits per heavy atom. The largest absolute Gasteiger partial charge is 0.439 e. The molecule has 0 amide bonds. The van der Waals surface area contributed by atoms with Crippen LogP contribution in [-0.2, 0) is 6.54 Å². The molecule has 2 N–H and O–H groups in total. The first-order chi connectivity index (χ1) is 17.6. The second kappa shape index (κ2) is 10.1. The van der Waals surface area contributed by atoms with Gasteiger partial charge in [-0.1, -0.05) is 60.8 Å². The summed E-state index contributed by atoms with van der Waals surface area (Å²) in [6.07, 6.45) is 10.1. The van der Waals surface area contributed by atoms with Gasteiger partial charge >= 0.3 is 5.76 Å². The van der Waals surface area contributed by atoms with Crippen LogP contribution in [-0.4, -0.2) is 35.7 Å². The summed E-state index contributed by atoms with van der Waals surface area (Å²) in [6, 6.07) is 10.6. The van der Waals surface area contributed by atoms with Crippen LogP contribution in [0.4, 0.5) is 5.82 Å². The fourth-order valence-corrected chi connectivity index (χ4v) is 6.20. The number of anilines is 1. The first-order valence-corrected chi connectivity index (χ1v) is 13.8. The van der Waals surface area contributed by atoms with Crippen LogP contribution in [0.5, 0.6) is 0 Å². The molecule has 0 radical (unpaired) electrons. The van der Waals surface area contributed by atoms with Crippen LogP contribution in [0.15, 0.2) is 49.7 Å². The van der Waals surface area contributed by atoms with E-state index in [9.17, 15) is 4.79 Å². The zero-order chi connectivity index (χ0) is 24.5. The molecule has 4 aromatic rings. The van der Waals surface area contributed by atoms with Crippen LogP contribution < -0.4 is 11.1 Å². The third-order valence-electron chi connectivity index (χ3n) is 7.56. The Balaban J connectivity index is 1.48. The zero-order valence-electron chi connectivity index (χ0n) is 20.4. The predicted octanol–water partition coefficient (Wildman–Crippen LogP) is 5.50. The highest BCUT2D eigenvalue weighted by Gasteiger charge is 2.28. The molecule has 0 aliphatic heterocycles. The van der Waals surface area contributed by atoms with E-state index in [0.717, 1.165) is 27.9 Å². The minimum absolute atomic E-state index is 0.209. The highest BCUT2D eigenvalue weighted by atomic mass is 32.2. The van der Waals surface area contributed by atoms with Gasteiger partial charge in [-0.25, -0.2) is 19.7 Å². The molecular weight excluding hydrogens is 474 g/mol. The quantitative estimate of drug-likeness (QED) is 0.323. The fraction of sp³-hybridized carbons (Fsp3) is 0.500. The van der Waals surface area contributed by atoms with E-state index in [1.54, 1.807) is 11.8 Å². The van der Waals surface area contributed by atoms with Gasteiger partial charge in [0.1, 0.15) is 5.52 Å². The topological polar surface area (TPSA) is 115 Å². The molecule has 2 fully saturated rings. The minimum Gasteiger partial charge on any atom is -0.365 e. The van der Waals surface area contributed by atoms with Crippen LogP contribution in [0.2, 0.25) is 0 Å². The molecule has 0 saturated heterocycles. The molecule has 10 heteroatoms. The van der Waals surface area contributed by atoms with Crippen molar-refractivity contribution in [1.82, 2.24) is 29.7 Å². The molecule has 1 atom stereocenters. The summed E-state index contributed by atoms with van der Waals surface area (Å²) in [4.78, 5) is 29.9. The number of nitrogens with zero attached hydrogens (tertiary/aromatic N) is 5. The molecular formula is C26H31N7O2S. The summed E-state index contributed by atoms with van der Waals surface area (Å²) in [7, 11) is 0. The second-order valence-electron chi connectivity index (χ2n) is 10.1. The molecule has 0 spiro atoms. The van der Waals surface area contributed by atoms with Gasteiger partial charge in [0, 0.05) is 17.5 Å². The first kappa shape index (κ1) is 23.3. The number of aromatic amines is 1. The SMILES string of the molecule is CC(Nc1nc(-c2noc(=O)[nH]2)nc2nc(Sc3ccccc3)n(CC3CCCCC3)c12)C1CCC1. The van der Waals surface area contributed by atoms with Crippen molar-refractivity contribution in [2.24, 2.45) is 11.8 Å². The molecule has 6 rings (SSSR count). The van der Waals surface area contributed by atoms with Gasteiger partial charge in [0.15, 0.2) is 16.6 Å². The average Bonchev–Trinajstić information content (AvgIpc) is 3.43. The van der Waals surface area contributed by atoms with Crippen molar-refractivity contribution in [1.29, 1.82) is 0 Å². The maximum Gasteiger partial charge on any atom is 0.439 e. The summed E-state index contributed by atoms with van der Waals surface area (Å²) in [6.45, 7) is 3.11. The van der Waals surface area contributed by atoms with E-state index >= 15 is 0 Å². The standard InChI is InChI=1S/C26H31N7O2S/c1-16(18-11-8-12-18)27-21-20-22(29-23(28-21)24-31-26(34)35-32-24)30-25(36-19-13-6-3-7-14-19)33(20)15-17-9-4-2-5-10-17/h3,6-7,13-14,16-18H,2,4-5,8-12,15H2,1H3,(H,27,28,29)(H,31,32,34). The maximum absolute atomic E-state index is 11.6. The Morgan fingerprint density at radius 3 is 2.58 bits per heavy atom. The Kier molecular flexibility index (Phi) is 6.52. The molecule has 3 heterocycles. The number of rotatable bonds is 8. The second-order valence-corrected chi connectivity index (χ2v) is 11.1. The van der Waals surface area contributed by atoms with E-state index < -0.39 is 5.76 Å². The molecule has 3 aromatic heterocycles. The van der Waals surface area contributed by atoms with Gasteiger partial charge in [0.25, 0.3) is 0 Å².